The Labute approximate surface area is 223 Å². The van der Waals surface area contributed by atoms with Gasteiger partial charge in [-0.2, -0.15) is 0 Å². The van der Waals surface area contributed by atoms with E-state index in [4.69, 9.17) is 10.6 Å². The first-order valence-corrected chi connectivity index (χ1v) is 12.6. The lowest BCUT2D eigenvalue weighted by Crippen LogP contribution is -2.50. The SMILES string of the molecule is CC(C)(O/N=C(/C(=O)N[C@@H](C(=O)O)[C@@H]1N=C(C(=O)O)C(C[n+]2ccccc2)=CS1)c1csc(N)n1)C(=O)O. The van der Waals surface area contributed by atoms with E-state index in [1.807, 2.05) is 0 Å². The molecule has 6 N–H and O–H groups in total. The zero-order valence-corrected chi connectivity index (χ0v) is 21.6. The molecule has 3 heterocycles. The Morgan fingerprint density at radius 3 is 2.45 bits per heavy atom. The number of aliphatic imine (C=N–C) groups is 1. The average molecular weight is 564 g/mol. The van der Waals surface area contributed by atoms with E-state index in [1.165, 1.54) is 24.6 Å². The maximum atomic E-state index is 13.1. The molecule has 0 unspecified atom stereocenters. The summed E-state index contributed by atoms with van der Waals surface area (Å²) in [4.78, 5) is 61.6. The quantitative estimate of drug-likeness (QED) is 0.143. The predicted molar refractivity (Wildman–Crippen MR) is 137 cm³/mol. The molecular formula is C22H23N6O8S2+. The number of carboxylic acid groups (broad SMARTS) is 3. The van der Waals surface area contributed by atoms with Gasteiger partial charge < -0.3 is 31.2 Å². The molecule has 0 aliphatic carbocycles. The van der Waals surface area contributed by atoms with Crippen LogP contribution in [-0.2, 0) is 30.6 Å². The van der Waals surface area contributed by atoms with Gasteiger partial charge in [0.2, 0.25) is 5.60 Å². The van der Waals surface area contributed by atoms with Gasteiger partial charge in [0.15, 0.2) is 41.5 Å². The van der Waals surface area contributed by atoms with Gasteiger partial charge in [-0.25, -0.2) is 23.9 Å². The fourth-order valence-electron chi connectivity index (χ4n) is 2.91. The van der Waals surface area contributed by atoms with Crippen molar-refractivity contribution >= 4 is 63.5 Å². The summed E-state index contributed by atoms with van der Waals surface area (Å²) in [5, 5.41) is 36.4. The number of pyridine rings is 1. The number of nitrogens with one attached hydrogen (secondary N) is 1. The highest BCUT2D eigenvalue weighted by atomic mass is 32.2. The summed E-state index contributed by atoms with van der Waals surface area (Å²) in [5.41, 5.74) is 3.19. The molecule has 14 nitrogen and oxygen atoms in total. The van der Waals surface area contributed by atoms with Crippen LogP contribution in [0.1, 0.15) is 19.5 Å². The second kappa shape index (κ2) is 11.8. The summed E-state index contributed by atoms with van der Waals surface area (Å²) in [6, 6.07) is 3.64. The summed E-state index contributed by atoms with van der Waals surface area (Å²) in [6.07, 6.45) is 3.47. The largest absolute Gasteiger partial charge is 0.480 e. The van der Waals surface area contributed by atoms with Crippen molar-refractivity contribution in [1.29, 1.82) is 0 Å². The lowest BCUT2D eigenvalue weighted by atomic mass is 10.1. The third-order valence-corrected chi connectivity index (χ3v) is 6.69. The standard InChI is InChI=1S/C22H22N6O8S2/c1-22(2,20(34)35)36-27-14(12-10-38-21(23)24-12)16(29)25-15(19(32)33)17-26-13(18(30)31)11(9-37-17)8-28-6-4-3-5-7-28/h3-7,9-10,15,17H,8H2,1-2H3,(H5-,23,24,25,29,30,31,32,33,34,35)/p+1/b27-14+/t15-,17-/m1/s1. The number of anilines is 1. The Bertz CT molecular complexity index is 1340. The molecule has 0 saturated heterocycles. The highest BCUT2D eigenvalue weighted by Crippen LogP contribution is 2.27. The third kappa shape index (κ3) is 6.92. The van der Waals surface area contributed by atoms with Crippen molar-refractivity contribution in [3.8, 4) is 0 Å². The minimum Gasteiger partial charge on any atom is -0.480 e. The maximum absolute atomic E-state index is 13.1. The van der Waals surface area contributed by atoms with Crippen molar-refractivity contribution in [3.63, 3.8) is 0 Å². The van der Waals surface area contributed by atoms with Gasteiger partial charge in [0.25, 0.3) is 5.91 Å². The number of aromatic nitrogens is 2. The number of rotatable bonds is 11. The summed E-state index contributed by atoms with van der Waals surface area (Å²) < 4.78 is 1.72. The number of thioether (sulfide) groups is 1. The first kappa shape index (κ1) is 28.3. The summed E-state index contributed by atoms with van der Waals surface area (Å²) >= 11 is 1.88. The van der Waals surface area contributed by atoms with Gasteiger partial charge >= 0.3 is 17.9 Å². The smallest absolute Gasteiger partial charge is 0.354 e. The number of carbonyl (C=O) groups excluding carboxylic acids is 1. The van der Waals surface area contributed by atoms with Crippen LogP contribution in [0.25, 0.3) is 0 Å². The Morgan fingerprint density at radius 2 is 1.89 bits per heavy atom. The molecule has 0 radical (unpaired) electrons. The van der Waals surface area contributed by atoms with E-state index >= 15 is 0 Å². The Hall–Kier alpha value is -4.31. The molecule has 2 atom stereocenters. The number of aliphatic carboxylic acids is 3. The van der Waals surface area contributed by atoms with Crippen LogP contribution in [0.3, 0.4) is 0 Å². The number of hydrogen-bond acceptors (Lipinski definition) is 11. The zero-order valence-electron chi connectivity index (χ0n) is 20.0. The summed E-state index contributed by atoms with van der Waals surface area (Å²) in [6.45, 7) is 2.57. The van der Waals surface area contributed by atoms with Crippen molar-refractivity contribution in [2.45, 2.75) is 37.4 Å². The van der Waals surface area contributed by atoms with E-state index in [0.717, 1.165) is 23.1 Å². The highest BCUT2D eigenvalue weighted by molar-refractivity contribution is 8.02. The van der Waals surface area contributed by atoms with Gasteiger partial charge in [-0.3, -0.25) is 9.79 Å². The first-order valence-electron chi connectivity index (χ1n) is 10.7. The number of thiazole rings is 1. The van der Waals surface area contributed by atoms with Crippen LogP contribution in [0.4, 0.5) is 5.13 Å². The van der Waals surface area contributed by atoms with E-state index in [0.29, 0.717) is 5.57 Å². The predicted octanol–water partition coefficient (Wildman–Crippen LogP) is 0.349. The molecule has 0 spiro atoms. The molecule has 2 aromatic heterocycles. The number of oxime groups is 1. The summed E-state index contributed by atoms with van der Waals surface area (Å²) in [7, 11) is 0. The molecule has 200 valence electrons. The van der Waals surface area contributed by atoms with Gasteiger partial charge in [0.1, 0.15) is 11.1 Å². The van der Waals surface area contributed by atoms with Crippen molar-refractivity contribution < 1.29 is 43.9 Å². The molecule has 38 heavy (non-hydrogen) atoms. The molecule has 0 saturated carbocycles. The normalized spacial score (nSPS) is 16.6. The van der Waals surface area contributed by atoms with Crippen LogP contribution in [0, 0.1) is 0 Å². The second-order valence-electron chi connectivity index (χ2n) is 8.21. The molecule has 3 rings (SSSR count). The molecule has 0 bridgehead atoms. The third-order valence-electron chi connectivity index (χ3n) is 4.94. The first-order chi connectivity index (χ1) is 17.9. The van der Waals surface area contributed by atoms with E-state index in [-0.39, 0.29) is 23.1 Å². The van der Waals surface area contributed by atoms with Crippen LogP contribution < -0.4 is 15.6 Å². The van der Waals surface area contributed by atoms with E-state index < -0.39 is 46.5 Å². The van der Waals surface area contributed by atoms with Gasteiger partial charge in [-0.15, -0.1) is 23.1 Å². The fourth-order valence-corrected chi connectivity index (χ4v) is 4.45. The molecule has 0 aromatic carbocycles. The van der Waals surface area contributed by atoms with Crippen LogP contribution in [0.15, 0.2) is 57.1 Å². The lowest BCUT2D eigenvalue weighted by molar-refractivity contribution is -0.688. The Balaban J connectivity index is 1.88. The van der Waals surface area contributed by atoms with Crippen molar-refractivity contribution in [2.24, 2.45) is 10.1 Å². The van der Waals surface area contributed by atoms with Gasteiger partial charge in [0.05, 0.1) is 5.57 Å². The van der Waals surface area contributed by atoms with Gasteiger partial charge in [0, 0.05) is 17.5 Å². The minimum atomic E-state index is -1.82. The number of nitrogen functional groups attached to an aromatic ring is 1. The molecule has 2 aromatic rings. The second-order valence-corrected chi connectivity index (χ2v) is 10.1. The molecule has 1 aliphatic heterocycles. The number of hydrogen-bond donors (Lipinski definition) is 5. The maximum Gasteiger partial charge on any atom is 0.354 e. The molecule has 16 heteroatoms. The Morgan fingerprint density at radius 1 is 1.21 bits per heavy atom. The number of nitrogens with two attached hydrogens (primary N) is 1. The van der Waals surface area contributed by atoms with E-state index in [1.54, 1.807) is 35.2 Å². The van der Waals surface area contributed by atoms with Crippen LogP contribution in [0.5, 0.6) is 0 Å². The van der Waals surface area contributed by atoms with Crippen LogP contribution in [0.2, 0.25) is 0 Å². The molecular weight excluding hydrogens is 540 g/mol. The Kier molecular flexibility index (Phi) is 8.80. The zero-order chi connectivity index (χ0) is 28.0. The van der Waals surface area contributed by atoms with E-state index in [9.17, 15) is 34.5 Å². The van der Waals surface area contributed by atoms with Crippen LogP contribution >= 0.6 is 23.1 Å². The van der Waals surface area contributed by atoms with Crippen molar-refractivity contribution in [3.05, 3.63) is 52.6 Å². The number of nitrogens with zero attached hydrogens (tertiary/aromatic N) is 4. The van der Waals surface area contributed by atoms with Crippen molar-refractivity contribution in [2.75, 3.05) is 5.73 Å². The van der Waals surface area contributed by atoms with Crippen molar-refractivity contribution in [1.82, 2.24) is 10.3 Å². The topological polar surface area (TPSA) is 218 Å². The number of carboxylic acids is 3. The van der Waals surface area contributed by atoms with Crippen LogP contribution in [-0.4, -0.2) is 72.6 Å². The lowest BCUT2D eigenvalue weighted by Gasteiger charge is -2.24. The van der Waals surface area contributed by atoms with E-state index in [2.05, 4.69) is 20.4 Å². The van der Waals surface area contributed by atoms with Gasteiger partial charge in [-0.05, 0) is 19.3 Å². The minimum absolute atomic E-state index is 0.0697. The summed E-state index contributed by atoms with van der Waals surface area (Å²) in [5.74, 6) is -5.31. The fraction of sp³-hybridized carbons (Fsp3) is 0.273. The van der Waals surface area contributed by atoms with Gasteiger partial charge in [-0.1, -0.05) is 11.2 Å². The number of amides is 1. The molecule has 1 aliphatic rings. The monoisotopic (exact) mass is 563 g/mol. The molecule has 0 fully saturated rings. The average Bonchev–Trinajstić information content (AvgIpc) is 3.29. The number of carbonyl (C=O) groups is 4. The molecule has 1 amide bonds. The highest BCUT2D eigenvalue weighted by Gasteiger charge is 2.37.